The van der Waals surface area contributed by atoms with E-state index in [1.807, 2.05) is 20.8 Å². The Morgan fingerprint density at radius 3 is 2.63 bits per heavy atom. The van der Waals surface area contributed by atoms with E-state index in [2.05, 4.69) is 5.32 Å². The lowest BCUT2D eigenvalue weighted by Gasteiger charge is -2.31. The molecule has 0 aromatic heterocycles. The van der Waals surface area contributed by atoms with Crippen LogP contribution in [0.25, 0.3) is 0 Å². The second-order valence-electron chi connectivity index (χ2n) is 7.17. The van der Waals surface area contributed by atoms with Gasteiger partial charge in [0.05, 0.1) is 0 Å². The third-order valence-electron chi connectivity index (χ3n) is 4.32. The second kappa shape index (κ2) is 5.70. The van der Waals surface area contributed by atoms with Crippen LogP contribution in [0.2, 0.25) is 0 Å². The third-order valence-corrected chi connectivity index (χ3v) is 4.32. The highest BCUT2D eigenvalue weighted by Gasteiger charge is 2.43. The van der Waals surface area contributed by atoms with Crippen molar-refractivity contribution in [2.45, 2.75) is 64.5 Å². The standard InChI is InChI=1S/C15H28N2O2/c1-15(2,3)19-14(18)17-12-6-4-5-10(7-12)13-8-11(13)9-16/h10-13H,4-9,16H2,1-3H3,(H,17,18)/t10?,11-,12+,13-/m0/s1. The molecule has 0 bridgehead atoms. The summed E-state index contributed by atoms with van der Waals surface area (Å²) in [6, 6.07) is 0.285. The van der Waals surface area contributed by atoms with Gasteiger partial charge in [-0.05, 0) is 64.3 Å². The molecule has 3 N–H and O–H groups in total. The van der Waals surface area contributed by atoms with Gasteiger partial charge >= 0.3 is 6.09 Å². The highest BCUT2D eigenvalue weighted by atomic mass is 16.6. The van der Waals surface area contributed by atoms with Gasteiger partial charge in [-0.15, -0.1) is 0 Å². The summed E-state index contributed by atoms with van der Waals surface area (Å²) in [5.41, 5.74) is 5.31. The molecule has 19 heavy (non-hydrogen) atoms. The monoisotopic (exact) mass is 268 g/mol. The molecule has 0 radical (unpaired) electrons. The number of nitrogens with two attached hydrogens (primary N) is 1. The highest BCUT2D eigenvalue weighted by Crippen LogP contribution is 2.48. The molecule has 4 heteroatoms. The minimum Gasteiger partial charge on any atom is -0.444 e. The van der Waals surface area contributed by atoms with Gasteiger partial charge in [-0.1, -0.05) is 12.8 Å². The Morgan fingerprint density at radius 2 is 2.05 bits per heavy atom. The molecule has 0 heterocycles. The van der Waals surface area contributed by atoms with Crippen LogP contribution in [0.4, 0.5) is 4.79 Å². The first-order valence-corrected chi connectivity index (χ1v) is 7.58. The molecule has 1 unspecified atom stereocenters. The molecule has 2 rings (SSSR count). The number of hydrogen-bond acceptors (Lipinski definition) is 3. The lowest BCUT2D eigenvalue weighted by Crippen LogP contribution is -2.41. The summed E-state index contributed by atoms with van der Waals surface area (Å²) in [4.78, 5) is 11.8. The van der Waals surface area contributed by atoms with Gasteiger partial charge in [0.2, 0.25) is 0 Å². The van der Waals surface area contributed by atoms with Gasteiger partial charge in [0.1, 0.15) is 5.60 Å². The molecule has 0 aromatic rings. The van der Waals surface area contributed by atoms with Crippen LogP contribution in [-0.4, -0.2) is 24.3 Å². The normalized spacial score (nSPS) is 34.7. The van der Waals surface area contributed by atoms with Crippen LogP contribution in [0.1, 0.15) is 52.9 Å². The summed E-state index contributed by atoms with van der Waals surface area (Å²) in [6.07, 6.45) is 5.70. The molecule has 1 amide bonds. The fraction of sp³-hybridized carbons (Fsp3) is 0.933. The fourth-order valence-electron chi connectivity index (χ4n) is 3.34. The van der Waals surface area contributed by atoms with Crippen molar-refractivity contribution in [2.24, 2.45) is 23.5 Å². The zero-order valence-electron chi connectivity index (χ0n) is 12.4. The average molecular weight is 268 g/mol. The summed E-state index contributed by atoms with van der Waals surface area (Å²) >= 11 is 0. The Morgan fingerprint density at radius 1 is 1.32 bits per heavy atom. The Bertz CT molecular complexity index is 325. The number of hydrogen-bond donors (Lipinski definition) is 2. The van der Waals surface area contributed by atoms with Gasteiger partial charge in [-0.3, -0.25) is 0 Å². The maximum atomic E-state index is 11.8. The van der Waals surface area contributed by atoms with Gasteiger partial charge in [0, 0.05) is 6.04 Å². The topological polar surface area (TPSA) is 64.3 Å². The summed E-state index contributed by atoms with van der Waals surface area (Å²) in [5.74, 6) is 2.31. The lowest BCUT2D eigenvalue weighted by atomic mass is 9.82. The predicted molar refractivity (Wildman–Crippen MR) is 75.8 cm³/mol. The van der Waals surface area contributed by atoms with Gasteiger partial charge < -0.3 is 15.8 Å². The van der Waals surface area contributed by atoms with Crippen LogP contribution < -0.4 is 11.1 Å². The Labute approximate surface area is 116 Å². The molecule has 0 aliphatic heterocycles. The summed E-state index contributed by atoms with van der Waals surface area (Å²) in [7, 11) is 0. The highest BCUT2D eigenvalue weighted by molar-refractivity contribution is 5.68. The maximum absolute atomic E-state index is 11.8. The van der Waals surface area contributed by atoms with Crippen LogP contribution in [0, 0.1) is 17.8 Å². The molecule has 2 saturated carbocycles. The second-order valence-corrected chi connectivity index (χ2v) is 7.17. The minimum atomic E-state index is -0.417. The van der Waals surface area contributed by atoms with E-state index in [4.69, 9.17) is 10.5 Å². The summed E-state index contributed by atoms with van der Waals surface area (Å²) in [6.45, 7) is 6.51. The summed E-state index contributed by atoms with van der Waals surface area (Å²) in [5, 5.41) is 3.03. The van der Waals surface area contributed by atoms with Crippen LogP contribution >= 0.6 is 0 Å². The first kappa shape index (κ1) is 14.6. The Kier molecular flexibility index (Phi) is 4.39. The molecule has 2 aliphatic rings. The van der Waals surface area contributed by atoms with Crippen molar-refractivity contribution < 1.29 is 9.53 Å². The molecule has 0 spiro atoms. The first-order chi connectivity index (χ1) is 8.89. The molecule has 0 aromatic carbocycles. The van der Waals surface area contributed by atoms with E-state index in [0.29, 0.717) is 0 Å². The average Bonchev–Trinajstić information content (AvgIpc) is 3.05. The summed E-state index contributed by atoms with van der Waals surface area (Å²) < 4.78 is 5.32. The lowest BCUT2D eigenvalue weighted by molar-refractivity contribution is 0.0482. The van der Waals surface area contributed by atoms with Gasteiger partial charge in [0.15, 0.2) is 0 Å². The molecule has 0 saturated heterocycles. The van der Waals surface area contributed by atoms with Crippen molar-refractivity contribution in [3.05, 3.63) is 0 Å². The molecule has 4 nitrogen and oxygen atoms in total. The predicted octanol–water partition coefficient (Wildman–Crippen LogP) is 2.66. The third kappa shape index (κ3) is 4.37. The van der Waals surface area contributed by atoms with E-state index in [-0.39, 0.29) is 12.1 Å². The van der Waals surface area contributed by atoms with E-state index in [0.717, 1.165) is 37.1 Å². The van der Waals surface area contributed by atoms with E-state index in [1.165, 1.54) is 19.3 Å². The largest absolute Gasteiger partial charge is 0.444 e. The SMILES string of the molecule is CC(C)(C)OC(=O)N[C@@H]1CCCC([C@@H]2C[C@H]2CN)C1. The van der Waals surface area contributed by atoms with E-state index in [1.54, 1.807) is 0 Å². The Balaban J connectivity index is 1.77. The van der Waals surface area contributed by atoms with Crippen molar-refractivity contribution in [1.29, 1.82) is 0 Å². The van der Waals surface area contributed by atoms with Crippen molar-refractivity contribution in [2.75, 3.05) is 6.54 Å². The van der Waals surface area contributed by atoms with Crippen molar-refractivity contribution in [3.63, 3.8) is 0 Å². The number of rotatable bonds is 3. The molecule has 110 valence electrons. The van der Waals surface area contributed by atoms with E-state index < -0.39 is 5.60 Å². The molecule has 2 aliphatic carbocycles. The minimum absolute atomic E-state index is 0.274. The number of carbonyl (C=O) groups excluding carboxylic acids is 1. The van der Waals surface area contributed by atoms with Crippen molar-refractivity contribution in [1.82, 2.24) is 5.32 Å². The van der Waals surface area contributed by atoms with Crippen LogP contribution in [0.5, 0.6) is 0 Å². The van der Waals surface area contributed by atoms with E-state index in [9.17, 15) is 4.79 Å². The molecule has 2 fully saturated rings. The zero-order valence-corrected chi connectivity index (χ0v) is 12.4. The van der Waals surface area contributed by atoms with Crippen molar-refractivity contribution in [3.8, 4) is 0 Å². The fourth-order valence-corrected chi connectivity index (χ4v) is 3.34. The number of alkyl carbamates (subject to hydrolysis) is 1. The van der Waals surface area contributed by atoms with Crippen LogP contribution in [0.15, 0.2) is 0 Å². The van der Waals surface area contributed by atoms with Gasteiger partial charge in [-0.2, -0.15) is 0 Å². The van der Waals surface area contributed by atoms with Crippen LogP contribution in [-0.2, 0) is 4.74 Å². The van der Waals surface area contributed by atoms with Gasteiger partial charge in [-0.25, -0.2) is 4.79 Å². The Hall–Kier alpha value is -0.770. The first-order valence-electron chi connectivity index (χ1n) is 7.58. The van der Waals surface area contributed by atoms with Gasteiger partial charge in [0.25, 0.3) is 0 Å². The smallest absolute Gasteiger partial charge is 0.407 e. The zero-order chi connectivity index (χ0) is 14.0. The number of amides is 1. The number of nitrogens with one attached hydrogen (secondary N) is 1. The van der Waals surface area contributed by atoms with E-state index >= 15 is 0 Å². The molecular weight excluding hydrogens is 240 g/mol. The van der Waals surface area contributed by atoms with Crippen molar-refractivity contribution >= 4 is 6.09 Å². The molecular formula is C15H28N2O2. The quantitative estimate of drug-likeness (QED) is 0.827. The number of carbonyl (C=O) groups is 1. The van der Waals surface area contributed by atoms with Crippen LogP contribution in [0.3, 0.4) is 0 Å². The molecule has 4 atom stereocenters. The maximum Gasteiger partial charge on any atom is 0.407 e. The number of ether oxygens (including phenoxy) is 1.